The fraction of sp³-hybridized carbons (Fsp3) is 0.800. The number of esters is 1. The van der Waals surface area contributed by atoms with Crippen LogP contribution in [0.2, 0.25) is 0 Å². The first kappa shape index (κ1) is 30.4. The fourth-order valence-electron chi connectivity index (χ4n) is 4.24. The summed E-state index contributed by atoms with van der Waals surface area (Å²) >= 11 is 0. The molecule has 0 saturated carbocycles. The van der Waals surface area contributed by atoms with E-state index >= 15 is 0 Å². The van der Waals surface area contributed by atoms with Crippen molar-refractivity contribution in [2.24, 2.45) is 5.92 Å². The summed E-state index contributed by atoms with van der Waals surface area (Å²) in [4.78, 5) is 24.6. The van der Waals surface area contributed by atoms with Gasteiger partial charge in [-0.2, -0.15) is 0 Å². The smallest absolute Gasteiger partial charge is 0.306 e. The first-order valence-corrected chi connectivity index (χ1v) is 13.9. The van der Waals surface area contributed by atoms with Gasteiger partial charge >= 0.3 is 5.97 Å². The summed E-state index contributed by atoms with van der Waals surface area (Å²) in [6.07, 6.45) is 17.1. The van der Waals surface area contributed by atoms with Crippen molar-refractivity contribution in [3.05, 3.63) is 11.6 Å². The van der Waals surface area contributed by atoms with Gasteiger partial charge in [0.25, 0.3) is 0 Å². The minimum Gasteiger partial charge on any atom is -0.460 e. The number of hydrogen-bond donors (Lipinski definition) is 0. The maximum Gasteiger partial charge on any atom is 0.306 e. The van der Waals surface area contributed by atoms with Crippen LogP contribution in [-0.4, -0.2) is 30.1 Å². The number of ether oxygens (including phenoxy) is 2. The Hall–Kier alpha value is -1.60. The predicted octanol–water partition coefficient (Wildman–Crippen LogP) is 7.73. The van der Waals surface area contributed by atoms with Gasteiger partial charge in [0.15, 0.2) is 5.78 Å². The zero-order valence-electron chi connectivity index (χ0n) is 22.7. The molecule has 4 nitrogen and oxygen atoms in total. The average Bonchev–Trinajstić information content (AvgIpc) is 3.06. The Kier molecular flexibility index (Phi) is 15.9. The summed E-state index contributed by atoms with van der Waals surface area (Å²) in [6, 6.07) is 0. The van der Waals surface area contributed by atoms with E-state index in [0.717, 1.165) is 50.5 Å². The first-order valence-electron chi connectivity index (χ1n) is 13.9. The number of rotatable bonds is 17. The molecule has 1 aliphatic carbocycles. The third kappa shape index (κ3) is 14.0. The van der Waals surface area contributed by atoms with Crippen molar-refractivity contribution in [3.8, 4) is 11.8 Å². The summed E-state index contributed by atoms with van der Waals surface area (Å²) < 4.78 is 11.6. The predicted molar refractivity (Wildman–Crippen MR) is 141 cm³/mol. The van der Waals surface area contributed by atoms with Crippen LogP contribution in [0.15, 0.2) is 11.6 Å². The molecule has 0 N–H and O–H groups in total. The second kappa shape index (κ2) is 17.8. The van der Waals surface area contributed by atoms with E-state index in [9.17, 15) is 9.59 Å². The maximum absolute atomic E-state index is 12.7. The van der Waals surface area contributed by atoms with Crippen LogP contribution in [0.4, 0.5) is 0 Å². The SMILES string of the molecule is CCCCCCC#CC1=CC(=O)[C@H](CCCCCCC)[C@H]1OCCCCCC(=O)OC(C)(C)C. The molecule has 194 valence electrons. The van der Waals surface area contributed by atoms with E-state index < -0.39 is 5.60 Å². The third-order valence-electron chi connectivity index (χ3n) is 6.08. The first-order chi connectivity index (χ1) is 16.3. The summed E-state index contributed by atoms with van der Waals surface area (Å²) in [7, 11) is 0. The molecule has 1 rings (SSSR count). The molecule has 0 unspecified atom stereocenters. The van der Waals surface area contributed by atoms with Crippen LogP contribution in [0, 0.1) is 17.8 Å². The fourth-order valence-corrected chi connectivity index (χ4v) is 4.24. The van der Waals surface area contributed by atoms with Crippen molar-refractivity contribution in [3.63, 3.8) is 0 Å². The Bertz CT molecular complexity index is 674. The average molecular weight is 475 g/mol. The Morgan fingerprint density at radius 3 is 2.24 bits per heavy atom. The Labute approximate surface area is 209 Å². The van der Waals surface area contributed by atoms with Gasteiger partial charge in [0.05, 0.1) is 5.92 Å². The van der Waals surface area contributed by atoms with Crippen molar-refractivity contribution in [2.75, 3.05) is 6.61 Å². The quantitative estimate of drug-likeness (QED) is 0.123. The maximum atomic E-state index is 12.7. The number of carbonyl (C=O) groups excluding carboxylic acids is 2. The molecule has 0 aromatic carbocycles. The van der Waals surface area contributed by atoms with Gasteiger partial charge in [-0.1, -0.05) is 83.5 Å². The molecule has 1 aliphatic rings. The lowest BCUT2D eigenvalue weighted by Gasteiger charge is -2.21. The number of unbranched alkanes of at least 4 members (excludes halogenated alkanes) is 10. The van der Waals surface area contributed by atoms with Gasteiger partial charge in [-0.3, -0.25) is 9.59 Å². The molecule has 0 radical (unpaired) electrons. The van der Waals surface area contributed by atoms with Crippen molar-refractivity contribution < 1.29 is 19.1 Å². The second-order valence-electron chi connectivity index (χ2n) is 10.6. The van der Waals surface area contributed by atoms with Crippen molar-refractivity contribution in [1.82, 2.24) is 0 Å². The molecule has 0 spiro atoms. The molecule has 4 heteroatoms. The van der Waals surface area contributed by atoms with Crippen molar-refractivity contribution >= 4 is 11.8 Å². The van der Waals surface area contributed by atoms with Gasteiger partial charge in [0, 0.05) is 25.0 Å². The Morgan fingerprint density at radius 2 is 1.56 bits per heavy atom. The lowest BCUT2D eigenvalue weighted by atomic mass is 9.93. The molecule has 0 bridgehead atoms. The number of hydrogen-bond acceptors (Lipinski definition) is 4. The second-order valence-corrected chi connectivity index (χ2v) is 10.6. The van der Waals surface area contributed by atoms with E-state index in [2.05, 4.69) is 25.7 Å². The normalized spacial score (nSPS) is 17.9. The summed E-state index contributed by atoms with van der Waals surface area (Å²) in [5.74, 6) is 6.50. The van der Waals surface area contributed by atoms with Gasteiger partial charge in [0.2, 0.25) is 0 Å². The van der Waals surface area contributed by atoms with E-state index in [1.807, 2.05) is 20.8 Å². The van der Waals surface area contributed by atoms with Crippen LogP contribution < -0.4 is 0 Å². The highest BCUT2D eigenvalue weighted by molar-refractivity contribution is 5.97. The molecule has 0 fully saturated rings. The topological polar surface area (TPSA) is 52.6 Å². The monoisotopic (exact) mass is 474 g/mol. The molecule has 0 amide bonds. The number of carbonyl (C=O) groups is 2. The van der Waals surface area contributed by atoms with Crippen LogP contribution >= 0.6 is 0 Å². The largest absolute Gasteiger partial charge is 0.460 e. The lowest BCUT2D eigenvalue weighted by Crippen LogP contribution is -2.26. The molecule has 2 atom stereocenters. The van der Waals surface area contributed by atoms with E-state index in [0.29, 0.717) is 13.0 Å². The molecule has 34 heavy (non-hydrogen) atoms. The standard InChI is InChI=1S/C30H50O4/c1-6-8-10-12-14-16-20-25-24-27(31)26(21-17-13-11-9-7-2)29(25)33-23-19-15-18-22-28(32)34-30(3,4)5/h24,26,29H,6-15,17-19,21-23H2,1-5H3/t26-,29-/m0/s1. The van der Waals surface area contributed by atoms with Crippen LogP contribution in [-0.2, 0) is 19.1 Å². The van der Waals surface area contributed by atoms with Gasteiger partial charge in [-0.25, -0.2) is 0 Å². The van der Waals surface area contributed by atoms with E-state index in [4.69, 9.17) is 9.47 Å². The highest BCUT2D eigenvalue weighted by Gasteiger charge is 2.35. The van der Waals surface area contributed by atoms with E-state index in [1.54, 1.807) is 6.08 Å². The third-order valence-corrected chi connectivity index (χ3v) is 6.08. The number of ketones is 1. The van der Waals surface area contributed by atoms with Gasteiger partial charge in [0.1, 0.15) is 11.7 Å². The van der Waals surface area contributed by atoms with Gasteiger partial charge < -0.3 is 9.47 Å². The lowest BCUT2D eigenvalue weighted by molar-refractivity contribution is -0.155. The zero-order valence-corrected chi connectivity index (χ0v) is 22.7. The van der Waals surface area contributed by atoms with Crippen molar-refractivity contribution in [2.45, 2.75) is 143 Å². The van der Waals surface area contributed by atoms with Crippen LogP contribution in [0.25, 0.3) is 0 Å². The molecule has 0 aromatic rings. The highest BCUT2D eigenvalue weighted by Crippen LogP contribution is 2.30. The van der Waals surface area contributed by atoms with Gasteiger partial charge in [-0.05, 0) is 52.5 Å². The zero-order chi connectivity index (χ0) is 25.2. The van der Waals surface area contributed by atoms with Crippen LogP contribution in [0.1, 0.15) is 131 Å². The molecular formula is C30H50O4. The molecule has 0 aromatic heterocycles. The Balaban J connectivity index is 2.52. The van der Waals surface area contributed by atoms with E-state index in [1.165, 1.54) is 44.9 Å². The van der Waals surface area contributed by atoms with E-state index in [-0.39, 0.29) is 23.8 Å². The van der Waals surface area contributed by atoms with Gasteiger partial charge in [-0.15, -0.1) is 0 Å². The van der Waals surface area contributed by atoms with Crippen LogP contribution in [0.3, 0.4) is 0 Å². The molecule has 0 aliphatic heterocycles. The summed E-state index contributed by atoms with van der Waals surface area (Å²) in [6.45, 7) is 10.7. The summed E-state index contributed by atoms with van der Waals surface area (Å²) in [5, 5.41) is 0. The molecule has 0 heterocycles. The summed E-state index contributed by atoms with van der Waals surface area (Å²) in [5.41, 5.74) is 0.438. The minimum absolute atomic E-state index is 0.0900. The highest BCUT2D eigenvalue weighted by atomic mass is 16.6. The van der Waals surface area contributed by atoms with Crippen molar-refractivity contribution in [1.29, 1.82) is 0 Å². The molecular weight excluding hydrogens is 424 g/mol. The minimum atomic E-state index is -0.430. The molecule has 0 saturated heterocycles. The Morgan fingerprint density at radius 1 is 0.912 bits per heavy atom. The number of allylic oxidation sites excluding steroid dienone is 1. The van der Waals surface area contributed by atoms with Crippen LogP contribution in [0.5, 0.6) is 0 Å².